The molecule has 0 aromatic carbocycles. The molecule has 18 heavy (non-hydrogen) atoms. The number of hydrogen-bond donors (Lipinski definition) is 1. The molecule has 1 aliphatic carbocycles. The molecule has 1 aliphatic rings. The van der Waals surface area contributed by atoms with Crippen LogP contribution in [0.15, 0.2) is 12.4 Å². The van der Waals surface area contributed by atoms with Crippen LogP contribution >= 0.6 is 0 Å². The van der Waals surface area contributed by atoms with Crippen LogP contribution in [-0.4, -0.2) is 16.3 Å². The van der Waals surface area contributed by atoms with Crippen molar-refractivity contribution in [2.45, 2.75) is 45.4 Å². The number of nitrogens with two attached hydrogens (primary N) is 1. The molecule has 3 atom stereocenters. The molecule has 0 saturated heterocycles. The van der Waals surface area contributed by atoms with Gasteiger partial charge in [-0.15, -0.1) is 0 Å². The van der Waals surface area contributed by atoms with Gasteiger partial charge in [-0.1, -0.05) is 19.8 Å². The molecule has 0 spiro atoms. The van der Waals surface area contributed by atoms with E-state index in [1.54, 1.807) is 0 Å². The Hall–Kier alpha value is -0.830. The van der Waals surface area contributed by atoms with E-state index in [-0.39, 0.29) is 0 Å². The van der Waals surface area contributed by atoms with Gasteiger partial charge in [-0.05, 0) is 55.5 Å². The Kier molecular flexibility index (Phi) is 4.81. The molecular formula is C15H27N3. The second kappa shape index (κ2) is 6.37. The Labute approximate surface area is 111 Å². The van der Waals surface area contributed by atoms with Crippen molar-refractivity contribution in [2.75, 3.05) is 6.54 Å². The van der Waals surface area contributed by atoms with Gasteiger partial charge in [0.25, 0.3) is 0 Å². The second-order valence-electron chi connectivity index (χ2n) is 5.90. The molecule has 1 saturated carbocycles. The summed E-state index contributed by atoms with van der Waals surface area (Å²) in [6.07, 6.45) is 12.0. The number of aryl methyl sites for hydroxylation is 2. The monoisotopic (exact) mass is 249 g/mol. The molecule has 0 aliphatic heterocycles. The fraction of sp³-hybridized carbons (Fsp3) is 0.800. The van der Waals surface area contributed by atoms with E-state index < -0.39 is 0 Å². The highest BCUT2D eigenvalue weighted by Gasteiger charge is 2.28. The van der Waals surface area contributed by atoms with E-state index in [0.29, 0.717) is 0 Å². The molecule has 1 aromatic rings. The van der Waals surface area contributed by atoms with Gasteiger partial charge in [0.05, 0.1) is 6.20 Å². The van der Waals surface area contributed by atoms with E-state index in [1.807, 2.05) is 17.9 Å². The lowest BCUT2D eigenvalue weighted by molar-refractivity contribution is 0.171. The number of hydrogen-bond acceptors (Lipinski definition) is 2. The summed E-state index contributed by atoms with van der Waals surface area (Å²) in [5.41, 5.74) is 7.30. The number of aromatic nitrogens is 2. The highest BCUT2D eigenvalue weighted by molar-refractivity contribution is 5.04. The summed E-state index contributed by atoms with van der Waals surface area (Å²) < 4.78 is 1.89. The maximum Gasteiger partial charge on any atom is 0.0521 e. The van der Waals surface area contributed by atoms with Crippen LogP contribution in [-0.2, 0) is 13.5 Å². The average Bonchev–Trinajstić information content (AvgIpc) is 2.81. The minimum Gasteiger partial charge on any atom is -0.330 e. The maximum absolute atomic E-state index is 5.94. The zero-order valence-electron chi connectivity index (χ0n) is 11.8. The van der Waals surface area contributed by atoms with Crippen LogP contribution in [0.5, 0.6) is 0 Å². The van der Waals surface area contributed by atoms with Gasteiger partial charge in [-0.2, -0.15) is 5.10 Å². The number of rotatable bonds is 5. The fourth-order valence-corrected chi connectivity index (χ4v) is 3.41. The Morgan fingerprint density at radius 2 is 2.22 bits per heavy atom. The Bertz CT molecular complexity index is 358. The zero-order valence-corrected chi connectivity index (χ0v) is 11.8. The number of nitrogens with zero attached hydrogens (tertiary/aromatic N) is 2. The van der Waals surface area contributed by atoms with Crippen LogP contribution < -0.4 is 5.73 Å². The smallest absolute Gasteiger partial charge is 0.0521 e. The first-order valence-corrected chi connectivity index (χ1v) is 7.40. The maximum atomic E-state index is 5.94. The van der Waals surface area contributed by atoms with Crippen molar-refractivity contribution in [3.05, 3.63) is 18.0 Å². The van der Waals surface area contributed by atoms with Crippen molar-refractivity contribution in [3.63, 3.8) is 0 Å². The summed E-state index contributed by atoms with van der Waals surface area (Å²) in [4.78, 5) is 0. The van der Waals surface area contributed by atoms with Gasteiger partial charge in [0.1, 0.15) is 0 Å². The second-order valence-corrected chi connectivity index (χ2v) is 5.90. The molecule has 0 amide bonds. The molecule has 102 valence electrons. The summed E-state index contributed by atoms with van der Waals surface area (Å²) in [5.74, 6) is 2.52. The van der Waals surface area contributed by atoms with Crippen molar-refractivity contribution in [2.24, 2.45) is 30.5 Å². The Morgan fingerprint density at radius 1 is 1.39 bits per heavy atom. The highest BCUT2D eigenvalue weighted by atomic mass is 15.2. The molecule has 1 heterocycles. The van der Waals surface area contributed by atoms with E-state index in [1.165, 1.54) is 37.7 Å². The third kappa shape index (κ3) is 3.35. The summed E-state index contributed by atoms with van der Waals surface area (Å²) in [6.45, 7) is 3.19. The molecular weight excluding hydrogens is 222 g/mol. The summed E-state index contributed by atoms with van der Waals surface area (Å²) in [5, 5.41) is 4.24. The lowest BCUT2D eigenvalue weighted by atomic mass is 9.71. The Balaban J connectivity index is 1.88. The van der Waals surface area contributed by atoms with Crippen molar-refractivity contribution < 1.29 is 0 Å². The van der Waals surface area contributed by atoms with Crippen LogP contribution in [0.4, 0.5) is 0 Å². The largest absolute Gasteiger partial charge is 0.330 e. The summed E-state index contributed by atoms with van der Waals surface area (Å²) in [6, 6.07) is 0. The minimum absolute atomic E-state index is 0.754. The molecule has 0 radical (unpaired) electrons. The Morgan fingerprint density at radius 3 is 2.83 bits per heavy atom. The highest BCUT2D eigenvalue weighted by Crippen LogP contribution is 2.37. The van der Waals surface area contributed by atoms with Gasteiger partial charge in [0, 0.05) is 13.2 Å². The first kappa shape index (κ1) is 13.6. The third-order valence-electron chi connectivity index (χ3n) is 4.69. The van der Waals surface area contributed by atoms with Gasteiger partial charge >= 0.3 is 0 Å². The van der Waals surface area contributed by atoms with Crippen LogP contribution in [0.25, 0.3) is 0 Å². The average molecular weight is 249 g/mol. The van der Waals surface area contributed by atoms with Crippen molar-refractivity contribution in [1.29, 1.82) is 0 Å². The molecule has 2 N–H and O–H groups in total. The summed E-state index contributed by atoms with van der Waals surface area (Å²) in [7, 11) is 1.99. The third-order valence-corrected chi connectivity index (χ3v) is 4.69. The molecule has 2 rings (SSSR count). The quantitative estimate of drug-likeness (QED) is 0.872. The lowest BCUT2D eigenvalue weighted by Gasteiger charge is -2.35. The van der Waals surface area contributed by atoms with Crippen molar-refractivity contribution in [1.82, 2.24) is 9.78 Å². The summed E-state index contributed by atoms with van der Waals surface area (Å²) >= 11 is 0. The van der Waals surface area contributed by atoms with E-state index in [4.69, 9.17) is 5.73 Å². The standard InChI is InChI=1S/C15H27N3/c1-3-12-4-7-15(9-16)14(8-12)6-5-13-10-17-18(2)11-13/h10-12,14-15H,3-9,16H2,1-2H3. The SMILES string of the molecule is CCC1CCC(CN)C(CCc2cnn(C)c2)C1. The zero-order chi connectivity index (χ0) is 13.0. The fourth-order valence-electron chi connectivity index (χ4n) is 3.41. The molecule has 1 fully saturated rings. The van der Waals surface area contributed by atoms with Crippen LogP contribution in [0.1, 0.15) is 44.6 Å². The molecule has 1 aromatic heterocycles. The van der Waals surface area contributed by atoms with E-state index >= 15 is 0 Å². The minimum atomic E-state index is 0.754. The van der Waals surface area contributed by atoms with E-state index in [0.717, 1.165) is 30.7 Å². The van der Waals surface area contributed by atoms with Gasteiger partial charge in [0.15, 0.2) is 0 Å². The first-order chi connectivity index (χ1) is 8.72. The van der Waals surface area contributed by atoms with Gasteiger partial charge in [0.2, 0.25) is 0 Å². The predicted octanol–water partition coefficient (Wildman–Crippen LogP) is 2.75. The van der Waals surface area contributed by atoms with Crippen molar-refractivity contribution >= 4 is 0 Å². The predicted molar refractivity (Wildman–Crippen MR) is 75.2 cm³/mol. The van der Waals surface area contributed by atoms with Gasteiger partial charge < -0.3 is 5.73 Å². The van der Waals surface area contributed by atoms with Crippen molar-refractivity contribution in [3.8, 4) is 0 Å². The molecule has 3 unspecified atom stereocenters. The van der Waals surface area contributed by atoms with Crippen LogP contribution in [0.2, 0.25) is 0 Å². The van der Waals surface area contributed by atoms with Crippen LogP contribution in [0.3, 0.4) is 0 Å². The topological polar surface area (TPSA) is 43.8 Å². The first-order valence-electron chi connectivity index (χ1n) is 7.40. The van der Waals surface area contributed by atoms with E-state index in [2.05, 4.69) is 18.2 Å². The van der Waals surface area contributed by atoms with Gasteiger partial charge in [-0.25, -0.2) is 0 Å². The molecule has 3 nitrogen and oxygen atoms in total. The normalized spacial score (nSPS) is 28.5. The molecule has 0 bridgehead atoms. The van der Waals surface area contributed by atoms with Gasteiger partial charge in [-0.3, -0.25) is 4.68 Å². The molecule has 3 heteroatoms. The van der Waals surface area contributed by atoms with Crippen LogP contribution in [0, 0.1) is 17.8 Å². The lowest BCUT2D eigenvalue weighted by Crippen LogP contribution is -2.30. The van der Waals surface area contributed by atoms with E-state index in [9.17, 15) is 0 Å².